The number of rotatable bonds is 6. The normalized spacial score (nSPS) is 21.6. The number of nitrogens with zero attached hydrogens (tertiary/aromatic N) is 5. The maximum Gasteiger partial charge on any atom is 0.229 e. The Bertz CT molecular complexity index is 739. The van der Waals surface area contributed by atoms with Gasteiger partial charge in [0.05, 0.1) is 19.0 Å². The third-order valence-electron chi connectivity index (χ3n) is 5.76. The zero-order chi connectivity index (χ0) is 17.9. The molecule has 7 heteroatoms. The molecule has 142 valence electrons. The van der Waals surface area contributed by atoms with Crippen molar-refractivity contribution < 1.29 is 5.11 Å². The number of hydrogen-bond donors (Lipinski definition) is 2. The summed E-state index contributed by atoms with van der Waals surface area (Å²) in [5.41, 5.74) is 1.80. The topological polar surface area (TPSA) is 79.1 Å². The van der Waals surface area contributed by atoms with Crippen molar-refractivity contribution >= 4 is 22.9 Å². The molecular formula is C19H30N6O. The Labute approximate surface area is 154 Å². The van der Waals surface area contributed by atoms with E-state index in [-0.39, 0.29) is 12.6 Å². The minimum atomic E-state index is 0.123. The summed E-state index contributed by atoms with van der Waals surface area (Å²) >= 11 is 0. The quantitative estimate of drug-likeness (QED) is 0.826. The largest absolute Gasteiger partial charge is 0.394 e. The molecule has 0 spiro atoms. The van der Waals surface area contributed by atoms with Crippen LogP contribution in [0, 0.1) is 0 Å². The summed E-state index contributed by atoms with van der Waals surface area (Å²) in [5, 5.41) is 13.1. The molecule has 0 radical (unpaired) electrons. The van der Waals surface area contributed by atoms with Crippen LogP contribution in [0.5, 0.6) is 0 Å². The Balaban J connectivity index is 1.76. The Morgan fingerprint density at radius 1 is 1.15 bits per heavy atom. The van der Waals surface area contributed by atoms with E-state index in [0.717, 1.165) is 55.3 Å². The van der Waals surface area contributed by atoms with Gasteiger partial charge in [-0.15, -0.1) is 0 Å². The predicted octanol–water partition coefficient (Wildman–Crippen LogP) is 3.11. The third kappa shape index (κ3) is 3.24. The minimum absolute atomic E-state index is 0.123. The van der Waals surface area contributed by atoms with E-state index in [1.54, 1.807) is 0 Å². The molecule has 4 rings (SSSR count). The molecule has 3 heterocycles. The van der Waals surface area contributed by atoms with Gasteiger partial charge in [0.2, 0.25) is 5.95 Å². The molecule has 1 saturated carbocycles. The van der Waals surface area contributed by atoms with E-state index in [4.69, 9.17) is 9.97 Å². The minimum Gasteiger partial charge on any atom is -0.394 e. The highest BCUT2D eigenvalue weighted by atomic mass is 16.3. The fraction of sp³-hybridized carbons (Fsp3) is 0.737. The van der Waals surface area contributed by atoms with Gasteiger partial charge in [-0.2, -0.15) is 9.97 Å². The molecule has 2 aromatic heterocycles. The first kappa shape index (κ1) is 17.5. The maximum atomic E-state index is 9.71. The first-order valence-electron chi connectivity index (χ1n) is 10.2. The molecule has 0 bridgehead atoms. The van der Waals surface area contributed by atoms with Crippen molar-refractivity contribution in [1.29, 1.82) is 0 Å². The summed E-state index contributed by atoms with van der Waals surface area (Å²) in [6, 6.07) is 0.611. The number of aliphatic hydroxyl groups excluding tert-OH is 1. The number of fused-ring (bicyclic) bond motifs is 1. The number of aliphatic hydroxyl groups is 1. The maximum absolute atomic E-state index is 9.71. The van der Waals surface area contributed by atoms with Gasteiger partial charge in [-0.1, -0.05) is 26.2 Å². The summed E-state index contributed by atoms with van der Waals surface area (Å²) in [6.45, 7) is 4.07. The lowest BCUT2D eigenvalue weighted by molar-refractivity contribution is 0.265. The van der Waals surface area contributed by atoms with Crippen LogP contribution in [0.3, 0.4) is 0 Å². The Morgan fingerprint density at radius 2 is 2.00 bits per heavy atom. The fourth-order valence-electron chi connectivity index (χ4n) is 4.32. The van der Waals surface area contributed by atoms with Gasteiger partial charge in [0, 0.05) is 19.1 Å². The second-order valence-corrected chi connectivity index (χ2v) is 7.59. The smallest absolute Gasteiger partial charge is 0.229 e. The van der Waals surface area contributed by atoms with Crippen LogP contribution in [0.1, 0.15) is 64.3 Å². The SMILES string of the molecule is CCCNc1nc(N2CCCC2CO)nc2c1ncn2C1CCCCC1. The molecule has 1 aliphatic heterocycles. The van der Waals surface area contributed by atoms with Crippen LogP contribution >= 0.6 is 0 Å². The van der Waals surface area contributed by atoms with E-state index in [0.29, 0.717) is 6.04 Å². The van der Waals surface area contributed by atoms with E-state index in [2.05, 4.69) is 26.7 Å². The van der Waals surface area contributed by atoms with Gasteiger partial charge in [-0.25, -0.2) is 4.98 Å². The number of hydrogen-bond acceptors (Lipinski definition) is 6. The standard InChI is InChI=1S/C19H30N6O/c1-2-10-20-17-16-18(25(13-21-16)14-7-4-3-5-8-14)23-19(22-17)24-11-6-9-15(24)12-26/h13-15,26H,2-12H2,1H3,(H,20,22,23). The van der Waals surface area contributed by atoms with Gasteiger partial charge >= 0.3 is 0 Å². The fourth-order valence-corrected chi connectivity index (χ4v) is 4.32. The molecule has 2 N–H and O–H groups in total. The van der Waals surface area contributed by atoms with E-state index in [1.165, 1.54) is 32.1 Å². The van der Waals surface area contributed by atoms with Crippen LogP contribution < -0.4 is 10.2 Å². The Morgan fingerprint density at radius 3 is 2.77 bits per heavy atom. The summed E-state index contributed by atoms with van der Waals surface area (Å²) in [6.07, 6.45) is 11.3. The van der Waals surface area contributed by atoms with Gasteiger partial charge in [-0.05, 0) is 32.1 Å². The lowest BCUT2D eigenvalue weighted by Crippen LogP contribution is -2.33. The molecule has 0 aromatic carbocycles. The van der Waals surface area contributed by atoms with Gasteiger partial charge in [-0.3, -0.25) is 0 Å². The number of nitrogens with one attached hydrogen (secondary N) is 1. The van der Waals surface area contributed by atoms with E-state index in [1.807, 2.05) is 6.33 Å². The molecule has 1 atom stereocenters. The van der Waals surface area contributed by atoms with Crippen LogP contribution in [0.15, 0.2) is 6.33 Å². The zero-order valence-electron chi connectivity index (χ0n) is 15.7. The van der Waals surface area contributed by atoms with Gasteiger partial charge in [0.1, 0.15) is 0 Å². The third-order valence-corrected chi connectivity index (χ3v) is 5.76. The van der Waals surface area contributed by atoms with Gasteiger partial charge < -0.3 is 19.9 Å². The summed E-state index contributed by atoms with van der Waals surface area (Å²) in [7, 11) is 0. The van der Waals surface area contributed by atoms with Gasteiger partial charge in [0.15, 0.2) is 17.0 Å². The molecule has 7 nitrogen and oxygen atoms in total. The van der Waals surface area contributed by atoms with Crippen molar-refractivity contribution in [3.05, 3.63) is 6.33 Å². The van der Waals surface area contributed by atoms with Crippen LogP contribution in [-0.2, 0) is 0 Å². The first-order valence-corrected chi connectivity index (χ1v) is 10.2. The molecule has 26 heavy (non-hydrogen) atoms. The highest BCUT2D eigenvalue weighted by Crippen LogP contribution is 2.33. The molecular weight excluding hydrogens is 328 g/mol. The summed E-state index contributed by atoms with van der Waals surface area (Å²) in [4.78, 5) is 16.5. The second kappa shape index (κ2) is 7.78. The van der Waals surface area contributed by atoms with Crippen LogP contribution in [0.4, 0.5) is 11.8 Å². The van der Waals surface area contributed by atoms with Crippen LogP contribution in [0.2, 0.25) is 0 Å². The van der Waals surface area contributed by atoms with Crippen molar-refractivity contribution in [1.82, 2.24) is 19.5 Å². The molecule has 2 fully saturated rings. The second-order valence-electron chi connectivity index (χ2n) is 7.59. The summed E-state index contributed by atoms with van der Waals surface area (Å²) in [5.74, 6) is 1.55. The number of imidazole rings is 1. The van der Waals surface area contributed by atoms with Gasteiger partial charge in [0.25, 0.3) is 0 Å². The molecule has 1 aliphatic carbocycles. The van der Waals surface area contributed by atoms with Crippen molar-refractivity contribution in [3.63, 3.8) is 0 Å². The average molecular weight is 358 g/mol. The summed E-state index contributed by atoms with van der Waals surface area (Å²) < 4.78 is 2.26. The van der Waals surface area contributed by atoms with E-state index >= 15 is 0 Å². The van der Waals surface area contributed by atoms with Crippen molar-refractivity contribution in [3.8, 4) is 0 Å². The Kier molecular flexibility index (Phi) is 5.24. The van der Waals surface area contributed by atoms with Crippen molar-refractivity contribution in [2.75, 3.05) is 29.9 Å². The van der Waals surface area contributed by atoms with Crippen LogP contribution in [0.25, 0.3) is 11.2 Å². The van der Waals surface area contributed by atoms with Crippen LogP contribution in [-0.4, -0.2) is 50.4 Å². The lowest BCUT2D eigenvalue weighted by Gasteiger charge is -2.25. The molecule has 2 aliphatic rings. The number of anilines is 2. The molecule has 0 amide bonds. The molecule has 2 aromatic rings. The average Bonchev–Trinajstić information content (AvgIpc) is 3.33. The lowest BCUT2D eigenvalue weighted by atomic mass is 9.95. The Hall–Kier alpha value is -1.89. The predicted molar refractivity (Wildman–Crippen MR) is 104 cm³/mol. The molecule has 1 unspecified atom stereocenters. The van der Waals surface area contributed by atoms with Crippen molar-refractivity contribution in [2.24, 2.45) is 0 Å². The zero-order valence-corrected chi connectivity index (χ0v) is 15.7. The first-order chi connectivity index (χ1) is 12.8. The highest BCUT2D eigenvalue weighted by molar-refractivity contribution is 5.84. The van der Waals surface area contributed by atoms with E-state index in [9.17, 15) is 5.11 Å². The highest BCUT2D eigenvalue weighted by Gasteiger charge is 2.28. The molecule has 1 saturated heterocycles. The van der Waals surface area contributed by atoms with E-state index < -0.39 is 0 Å². The van der Waals surface area contributed by atoms with Crippen molar-refractivity contribution in [2.45, 2.75) is 70.4 Å². The number of aromatic nitrogens is 4. The monoisotopic (exact) mass is 358 g/mol.